The van der Waals surface area contributed by atoms with Gasteiger partial charge in [-0.3, -0.25) is 14.5 Å². The van der Waals surface area contributed by atoms with E-state index < -0.39 is 17.7 Å². The van der Waals surface area contributed by atoms with E-state index in [1.54, 1.807) is 60.7 Å². The fraction of sp³-hybridized carbons (Fsp3) is 0.241. The molecule has 0 spiro atoms. The maximum absolute atomic E-state index is 13.3. The first-order valence-electron chi connectivity index (χ1n) is 11.9. The van der Waals surface area contributed by atoms with E-state index >= 15 is 0 Å². The molecule has 0 radical (unpaired) electrons. The molecule has 1 aliphatic heterocycles. The molecule has 7 heteroatoms. The first kappa shape index (κ1) is 24.9. The fourth-order valence-electron chi connectivity index (χ4n) is 4.13. The molecular formula is C29H29NO6. The summed E-state index contributed by atoms with van der Waals surface area (Å²) in [5, 5.41) is 21.4. The van der Waals surface area contributed by atoms with Crippen molar-refractivity contribution in [3.8, 4) is 17.2 Å². The van der Waals surface area contributed by atoms with E-state index in [0.29, 0.717) is 47.4 Å². The monoisotopic (exact) mass is 487 g/mol. The summed E-state index contributed by atoms with van der Waals surface area (Å²) in [6, 6.07) is 19.0. The number of nitrogens with zero attached hydrogens (tertiary/aromatic N) is 1. The number of carbonyl (C=O) groups is 2. The van der Waals surface area contributed by atoms with E-state index in [-0.39, 0.29) is 17.1 Å². The van der Waals surface area contributed by atoms with Gasteiger partial charge in [-0.15, -0.1) is 0 Å². The molecule has 0 bridgehead atoms. The Hall–Kier alpha value is -4.26. The average Bonchev–Trinajstić information content (AvgIpc) is 3.13. The minimum Gasteiger partial charge on any atom is -0.508 e. The molecule has 1 amide bonds. The van der Waals surface area contributed by atoms with Crippen LogP contribution in [-0.4, -0.2) is 35.1 Å². The standard InChI is InChI=1S/C29H29NO6/c1-4-35-24-10-6-8-20(16-24)27(32)25-26(19-7-5-9-22(31)15-19)30(29(34)28(25)33)21-11-13-23(14-12-21)36-17-18(2)3/h5-16,18,26,31-32H,4,17H2,1-3H3/b27-25-. The molecule has 1 fully saturated rings. The lowest BCUT2D eigenvalue weighted by atomic mass is 9.95. The van der Waals surface area contributed by atoms with Crippen LogP contribution in [0.1, 0.15) is 37.9 Å². The number of aromatic hydroxyl groups is 1. The van der Waals surface area contributed by atoms with Crippen molar-refractivity contribution in [3.63, 3.8) is 0 Å². The highest BCUT2D eigenvalue weighted by Gasteiger charge is 2.47. The lowest BCUT2D eigenvalue weighted by molar-refractivity contribution is -0.132. The summed E-state index contributed by atoms with van der Waals surface area (Å²) in [6.45, 7) is 6.93. The number of Topliss-reactive ketones (excluding diaryl/α,β-unsaturated/α-hetero) is 1. The van der Waals surface area contributed by atoms with Gasteiger partial charge >= 0.3 is 0 Å². The molecule has 0 aromatic heterocycles. The van der Waals surface area contributed by atoms with E-state index in [2.05, 4.69) is 0 Å². The van der Waals surface area contributed by atoms with Crippen LogP contribution in [0.5, 0.6) is 17.2 Å². The quantitative estimate of drug-likeness (QED) is 0.249. The molecule has 0 aliphatic carbocycles. The molecule has 1 aliphatic rings. The summed E-state index contributed by atoms with van der Waals surface area (Å²) in [5.74, 6) is -0.400. The number of ketones is 1. The zero-order chi connectivity index (χ0) is 25.8. The Kier molecular flexibility index (Phi) is 7.29. The second-order valence-electron chi connectivity index (χ2n) is 8.92. The Balaban J connectivity index is 1.82. The molecule has 2 N–H and O–H groups in total. The molecule has 0 saturated carbocycles. The van der Waals surface area contributed by atoms with Gasteiger partial charge in [0.2, 0.25) is 0 Å². The summed E-state index contributed by atoms with van der Waals surface area (Å²) in [5.41, 5.74) is 1.22. The van der Waals surface area contributed by atoms with Gasteiger partial charge < -0.3 is 19.7 Å². The topological polar surface area (TPSA) is 96.3 Å². The molecule has 1 unspecified atom stereocenters. The van der Waals surface area contributed by atoms with Crippen LogP contribution >= 0.6 is 0 Å². The molecule has 4 rings (SSSR count). The number of benzene rings is 3. The van der Waals surface area contributed by atoms with Gasteiger partial charge in [0.1, 0.15) is 23.0 Å². The lowest BCUT2D eigenvalue weighted by Gasteiger charge is -2.25. The van der Waals surface area contributed by atoms with E-state index in [0.717, 1.165) is 0 Å². The van der Waals surface area contributed by atoms with Crippen molar-refractivity contribution in [1.29, 1.82) is 0 Å². The van der Waals surface area contributed by atoms with Crippen molar-refractivity contribution in [2.24, 2.45) is 5.92 Å². The van der Waals surface area contributed by atoms with Crippen LogP contribution in [0, 0.1) is 5.92 Å². The number of ether oxygens (including phenoxy) is 2. The lowest BCUT2D eigenvalue weighted by Crippen LogP contribution is -2.29. The predicted octanol–water partition coefficient (Wildman–Crippen LogP) is 5.45. The number of amides is 1. The van der Waals surface area contributed by atoms with Crippen LogP contribution in [0.15, 0.2) is 78.4 Å². The third kappa shape index (κ3) is 5.05. The molecule has 36 heavy (non-hydrogen) atoms. The van der Waals surface area contributed by atoms with Gasteiger partial charge in [0.05, 0.1) is 24.8 Å². The summed E-state index contributed by atoms with van der Waals surface area (Å²) in [7, 11) is 0. The number of rotatable bonds is 8. The summed E-state index contributed by atoms with van der Waals surface area (Å²) in [6.07, 6.45) is 0. The first-order chi connectivity index (χ1) is 17.3. The summed E-state index contributed by atoms with van der Waals surface area (Å²) < 4.78 is 11.3. The zero-order valence-corrected chi connectivity index (χ0v) is 20.5. The van der Waals surface area contributed by atoms with E-state index in [9.17, 15) is 19.8 Å². The number of phenolic OH excluding ortho intramolecular Hbond substituents is 1. The van der Waals surface area contributed by atoms with Crippen LogP contribution < -0.4 is 14.4 Å². The highest BCUT2D eigenvalue weighted by atomic mass is 16.5. The Labute approximate surface area is 210 Å². The molecule has 186 valence electrons. The van der Waals surface area contributed by atoms with Crippen molar-refractivity contribution >= 4 is 23.1 Å². The Morgan fingerprint density at radius 2 is 1.67 bits per heavy atom. The molecule has 1 heterocycles. The molecule has 1 atom stereocenters. The minimum atomic E-state index is -0.949. The Bertz CT molecular complexity index is 1300. The molecule has 3 aromatic carbocycles. The van der Waals surface area contributed by atoms with Gasteiger partial charge in [0, 0.05) is 11.3 Å². The second kappa shape index (κ2) is 10.6. The average molecular weight is 488 g/mol. The Morgan fingerprint density at radius 3 is 2.33 bits per heavy atom. The zero-order valence-electron chi connectivity index (χ0n) is 20.5. The highest BCUT2D eigenvalue weighted by Crippen LogP contribution is 2.43. The van der Waals surface area contributed by atoms with Crippen LogP contribution in [0.3, 0.4) is 0 Å². The molecular weight excluding hydrogens is 458 g/mol. The molecule has 1 saturated heterocycles. The Morgan fingerprint density at radius 1 is 0.944 bits per heavy atom. The largest absolute Gasteiger partial charge is 0.508 e. The number of aliphatic hydroxyl groups is 1. The van der Waals surface area contributed by atoms with Gasteiger partial charge in [-0.1, -0.05) is 38.1 Å². The van der Waals surface area contributed by atoms with Gasteiger partial charge in [-0.25, -0.2) is 0 Å². The number of hydrogen-bond acceptors (Lipinski definition) is 6. The van der Waals surface area contributed by atoms with Crippen LogP contribution in [0.25, 0.3) is 5.76 Å². The van der Waals surface area contributed by atoms with Gasteiger partial charge in [0.25, 0.3) is 11.7 Å². The smallest absolute Gasteiger partial charge is 0.300 e. The normalized spacial score (nSPS) is 17.0. The van der Waals surface area contributed by atoms with Crippen LogP contribution in [0.2, 0.25) is 0 Å². The minimum absolute atomic E-state index is 0.0196. The highest BCUT2D eigenvalue weighted by molar-refractivity contribution is 6.51. The maximum Gasteiger partial charge on any atom is 0.300 e. The van der Waals surface area contributed by atoms with Crippen LogP contribution in [-0.2, 0) is 9.59 Å². The second-order valence-corrected chi connectivity index (χ2v) is 8.92. The third-order valence-corrected chi connectivity index (χ3v) is 5.75. The van der Waals surface area contributed by atoms with E-state index in [1.165, 1.54) is 17.0 Å². The van der Waals surface area contributed by atoms with Crippen LogP contribution in [0.4, 0.5) is 5.69 Å². The first-order valence-corrected chi connectivity index (χ1v) is 11.9. The fourth-order valence-corrected chi connectivity index (χ4v) is 4.13. The third-order valence-electron chi connectivity index (χ3n) is 5.75. The van der Waals surface area contributed by atoms with E-state index in [1.807, 2.05) is 20.8 Å². The number of carbonyl (C=O) groups excluding carboxylic acids is 2. The molecule has 7 nitrogen and oxygen atoms in total. The number of hydrogen-bond donors (Lipinski definition) is 2. The molecule has 3 aromatic rings. The van der Waals surface area contributed by atoms with Gasteiger partial charge in [-0.05, 0) is 66.9 Å². The number of phenols is 1. The van der Waals surface area contributed by atoms with Crippen molar-refractivity contribution in [3.05, 3.63) is 89.5 Å². The van der Waals surface area contributed by atoms with Crippen molar-refractivity contribution in [2.75, 3.05) is 18.1 Å². The van der Waals surface area contributed by atoms with Gasteiger partial charge in [-0.2, -0.15) is 0 Å². The summed E-state index contributed by atoms with van der Waals surface area (Å²) in [4.78, 5) is 27.9. The van der Waals surface area contributed by atoms with Crippen molar-refractivity contribution in [1.82, 2.24) is 0 Å². The van der Waals surface area contributed by atoms with Crippen molar-refractivity contribution < 1.29 is 29.3 Å². The van der Waals surface area contributed by atoms with E-state index in [4.69, 9.17) is 9.47 Å². The predicted molar refractivity (Wildman–Crippen MR) is 137 cm³/mol. The number of anilines is 1. The summed E-state index contributed by atoms with van der Waals surface area (Å²) >= 11 is 0. The van der Waals surface area contributed by atoms with Crippen molar-refractivity contribution in [2.45, 2.75) is 26.8 Å². The van der Waals surface area contributed by atoms with Gasteiger partial charge in [0.15, 0.2) is 0 Å². The SMILES string of the molecule is CCOc1cccc(/C(O)=C2/C(=O)C(=O)N(c3ccc(OCC(C)C)cc3)C2c2cccc(O)c2)c1. The number of aliphatic hydroxyl groups excluding tert-OH is 1. The maximum atomic E-state index is 13.3.